The van der Waals surface area contributed by atoms with Gasteiger partial charge in [-0.15, -0.1) is 0 Å². The fourth-order valence-corrected chi connectivity index (χ4v) is 3.61. The molecular formula is C22H21ClN4O2. The van der Waals surface area contributed by atoms with Crippen LogP contribution in [-0.4, -0.2) is 15.3 Å². The summed E-state index contributed by atoms with van der Waals surface area (Å²) in [7, 11) is 0. The number of fused-ring (bicyclic) bond motifs is 1. The van der Waals surface area contributed by atoms with Gasteiger partial charge < -0.3 is 10.6 Å². The Balaban J connectivity index is 1.47. The topological polar surface area (TPSA) is 75.5 Å². The van der Waals surface area contributed by atoms with Crippen LogP contribution in [0.5, 0.6) is 0 Å². The molecule has 0 radical (unpaired) electrons. The summed E-state index contributed by atoms with van der Waals surface area (Å²) in [6, 6.07) is 12.4. The van der Waals surface area contributed by atoms with Gasteiger partial charge in [-0.2, -0.15) is 0 Å². The van der Waals surface area contributed by atoms with Crippen LogP contribution in [0.1, 0.15) is 25.0 Å². The second-order valence-corrected chi connectivity index (χ2v) is 7.51. The Morgan fingerprint density at radius 2 is 2.03 bits per heavy atom. The number of aromatic nitrogens is 2. The van der Waals surface area contributed by atoms with Crippen molar-refractivity contribution in [2.45, 2.75) is 25.8 Å². The number of hydrogen-bond donors (Lipinski definition) is 2. The molecular weight excluding hydrogens is 388 g/mol. The Morgan fingerprint density at radius 3 is 2.83 bits per heavy atom. The molecule has 2 heterocycles. The average Bonchev–Trinajstić information content (AvgIpc) is 3.21. The molecule has 6 nitrogen and oxygen atoms in total. The number of halogens is 1. The van der Waals surface area contributed by atoms with Gasteiger partial charge in [-0.05, 0) is 43.0 Å². The first-order chi connectivity index (χ1) is 14.1. The molecule has 4 rings (SSSR count). The normalized spacial score (nSPS) is 15.6. The number of pyridine rings is 1. The van der Waals surface area contributed by atoms with Crippen molar-refractivity contribution >= 4 is 34.5 Å². The number of amides is 1. The highest BCUT2D eigenvalue weighted by molar-refractivity contribution is 6.30. The van der Waals surface area contributed by atoms with Gasteiger partial charge in [-0.1, -0.05) is 35.9 Å². The van der Waals surface area contributed by atoms with Crippen LogP contribution in [0.3, 0.4) is 0 Å². The van der Waals surface area contributed by atoms with Gasteiger partial charge in [0, 0.05) is 18.7 Å². The molecule has 0 aliphatic heterocycles. The van der Waals surface area contributed by atoms with E-state index in [9.17, 15) is 9.59 Å². The Kier molecular flexibility index (Phi) is 5.62. The molecule has 0 spiro atoms. The number of nitrogens with zero attached hydrogens (tertiary/aromatic N) is 2. The number of carbonyl (C=O) groups excluding carboxylic acids is 1. The Bertz CT molecular complexity index is 1140. The third-order valence-electron chi connectivity index (χ3n) is 4.90. The summed E-state index contributed by atoms with van der Waals surface area (Å²) in [5.74, 6) is 0.313. The number of hydrogen-bond acceptors (Lipinski definition) is 4. The molecule has 1 amide bonds. The number of allylic oxidation sites excluding steroid dienone is 2. The Labute approximate surface area is 173 Å². The zero-order valence-electron chi connectivity index (χ0n) is 15.8. The summed E-state index contributed by atoms with van der Waals surface area (Å²) >= 11 is 5.95. The molecule has 0 saturated heterocycles. The Hall–Kier alpha value is -3.12. The molecule has 1 atom stereocenters. The van der Waals surface area contributed by atoms with E-state index in [0.29, 0.717) is 40.9 Å². The minimum absolute atomic E-state index is 0.00486. The summed E-state index contributed by atoms with van der Waals surface area (Å²) < 4.78 is 1.41. The highest BCUT2D eigenvalue weighted by Crippen LogP contribution is 2.24. The van der Waals surface area contributed by atoms with Gasteiger partial charge in [0.25, 0.3) is 5.56 Å². The highest BCUT2D eigenvalue weighted by atomic mass is 35.5. The van der Waals surface area contributed by atoms with E-state index in [4.69, 9.17) is 11.6 Å². The number of carbonyl (C=O) groups is 1. The Morgan fingerprint density at radius 1 is 1.21 bits per heavy atom. The number of rotatable bonds is 6. The second-order valence-electron chi connectivity index (χ2n) is 7.08. The maximum Gasteiger partial charge on any atom is 0.258 e. The SMILES string of the molecule is O=C(CC1C=CCC1)Nc1ccccc1NCc1cc(=O)n2cc(Cl)ccc2n1. The smallest absolute Gasteiger partial charge is 0.258 e. The standard InChI is InChI=1S/C22H21ClN4O2/c23-16-9-10-20-25-17(12-22(29)27(20)14-16)13-24-18-7-3-4-8-19(18)26-21(28)11-15-5-1-2-6-15/h1,3-5,7-10,12,14-15,24H,2,6,11,13H2,(H,26,28). The number of para-hydroxylation sites is 2. The predicted octanol–water partition coefficient (Wildman–Crippen LogP) is 4.25. The lowest BCUT2D eigenvalue weighted by molar-refractivity contribution is -0.116. The van der Waals surface area contributed by atoms with Gasteiger partial charge >= 0.3 is 0 Å². The van der Waals surface area contributed by atoms with E-state index in [2.05, 4.69) is 27.8 Å². The summed E-state index contributed by atoms with van der Waals surface area (Å²) in [6.45, 7) is 0.354. The van der Waals surface area contributed by atoms with Crippen molar-refractivity contribution < 1.29 is 4.79 Å². The maximum atomic E-state index is 12.4. The molecule has 1 unspecified atom stereocenters. The molecule has 0 bridgehead atoms. The van der Waals surface area contributed by atoms with E-state index in [-0.39, 0.29) is 11.5 Å². The first-order valence-electron chi connectivity index (χ1n) is 9.56. The molecule has 2 aromatic heterocycles. The van der Waals surface area contributed by atoms with Crippen LogP contribution in [0.2, 0.25) is 5.02 Å². The lowest BCUT2D eigenvalue weighted by Gasteiger charge is -2.14. The molecule has 1 aliphatic carbocycles. The van der Waals surface area contributed by atoms with E-state index < -0.39 is 0 Å². The van der Waals surface area contributed by atoms with Gasteiger partial charge in [-0.3, -0.25) is 14.0 Å². The highest BCUT2D eigenvalue weighted by Gasteiger charge is 2.15. The zero-order valence-corrected chi connectivity index (χ0v) is 16.5. The molecule has 2 N–H and O–H groups in total. The third-order valence-corrected chi connectivity index (χ3v) is 5.12. The van der Waals surface area contributed by atoms with Gasteiger partial charge in [0.2, 0.25) is 5.91 Å². The molecule has 1 aliphatic rings. The van der Waals surface area contributed by atoms with Crippen LogP contribution < -0.4 is 16.2 Å². The summed E-state index contributed by atoms with van der Waals surface area (Å²) in [5, 5.41) is 6.73. The molecule has 148 valence electrons. The molecule has 1 aromatic carbocycles. The van der Waals surface area contributed by atoms with E-state index >= 15 is 0 Å². The molecule has 29 heavy (non-hydrogen) atoms. The predicted molar refractivity (Wildman–Crippen MR) is 115 cm³/mol. The molecule has 0 saturated carbocycles. The van der Waals surface area contributed by atoms with Gasteiger partial charge in [0.05, 0.1) is 28.6 Å². The zero-order chi connectivity index (χ0) is 20.2. The average molecular weight is 409 g/mol. The third kappa shape index (κ3) is 4.66. The monoisotopic (exact) mass is 408 g/mol. The lowest BCUT2D eigenvalue weighted by Crippen LogP contribution is -2.18. The van der Waals surface area contributed by atoms with Crippen LogP contribution >= 0.6 is 11.6 Å². The fraction of sp³-hybridized carbons (Fsp3) is 0.227. The minimum Gasteiger partial charge on any atom is -0.378 e. The van der Waals surface area contributed by atoms with Gasteiger partial charge in [0.15, 0.2) is 0 Å². The van der Waals surface area contributed by atoms with Crippen LogP contribution in [0.4, 0.5) is 11.4 Å². The quantitative estimate of drug-likeness (QED) is 0.598. The van der Waals surface area contributed by atoms with Crippen molar-refractivity contribution in [2.75, 3.05) is 10.6 Å². The number of anilines is 2. The summed E-state index contributed by atoms with van der Waals surface area (Å²) in [4.78, 5) is 29.2. The van der Waals surface area contributed by atoms with Crippen molar-refractivity contribution in [2.24, 2.45) is 5.92 Å². The van der Waals surface area contributed by atoms with E-state index in [1.54, 1.807) is 18.3 Å². The van der Waals surface area contributed by atoms with Gasteiger partial charge in [-0.25, -0.2) is 4.98 Å². The lowest BCUT2D eigenvalue weighted by atomic mass is 10.0. The minimum atomic E-state index is -0.194. The van der Waals surface area contributed by atoms with Gasteiger partial charge in [0.1, 0.15) is 5.65 Å². The summed E-state index contributed by atoms with van der Waals surface area (Å²) in [6.07, 6.45) is 8.34. The van der Waals surface area contributed by atoms with Crippen molar-refractivity contribution in [1.82, 2.24) is 9.38 Å². The molecule has 7 heteroatoms. The summed E-state index contributed by atoms with van der Waals surface area (Å²) in [5.41, 5.74) is 2.43. The number of benzene rings is 1. The van der Waals surface area contributed by atoms with E-state index in [0.717, 1.165) is 18.5 Å². The first kappa shape index (κ1) is 19.2. The molecule has 3 aromatic rings. The van der Waals surface area contributed by atoms with Crippen molar-refractivity contribution in [3.05, 3.63) is 81.9 Å². The van der Waals surface area contributed by atoms with Crippen LogP contribution in [0.25, 0.3) is 5.65 Å². The van der Waals surface area contributed by atoms with Crippen molar-refractivity contribution in [3.63, 3.8) is 0 Å². The largest absolute Gasteiger partial charge is 0.378 e. The van der Waals surface area contributed by atoms with Crippen LogP contribution in [0.15, 0.2) is 65.6 Å². The molecule has 0 fully saturated rings. The number of nitrogens with one attached hydrogen (secondary N) is 2. The van der Waals surface area contributed by atoms with Crippen molar-refractivity contribution in [1.29, 1.82) is 0 Å². The fourth-order valence-electron chi connectivity index (χ4n) is 3.45. The van der Waals surface area contributed by atoms with Crippen LogP contribution in [-0.2, 0) is 11.3 Å². The van der Waals surface area contributed by atoms with Crippen molar-refractivity contribution in [3.8, 4) is 0 Å². The van der Waals surface area contributed by atoms with E-state index in [1.807, 2.05) is 24.3 Å². The van der Waals surface area contributed by atoms with Crippen LogP contribution in [0, 0.1) is 5.92 Å². The first-order valence-corrected chi connectivity index (χ1v) is 9.93. The van der Waals surface area contributed by atoms with E-state index in [1.165, 1.54) is 10.5 Å². The second kappa shape index (κ2) is 8.49. The maximum absolute atomic E-state index is 12.4.